The van der Waals surface area contributed by atoms with Crippen molar-refractivity contribution in [1.29, 1.82) is 0 Å². The van der Waals surface area contributed by atoms with E-state index in [0.29, 0.717) is 11.8 Å². The molecule has 22 heavy (non-hydrogen) atoms. The summed E-state index contributed by atoms with van der Waals surface area (Å²) in [5.74, 6) is 1.72. The van der Waals surface area contributed by atoms with Crippen LogP contribution in [0.5, 0.6) is 0 Å². The van der Waals surface area contributed by atoms with Crippen molar-refractivity contribution in [3.8, 4) is 0 Å². The average molecular weight is 309 g/mol. The zero-order valence-corrected chi connectivity index (χ0v) is 14.2. The number of carbonyl (C=O) groups excluding carboxylic acids is 1. The molecular weight excluding hydrogens is 278 g/mol. The summed E-state index contributed by atoms with van der Waals surface area (Å²) in [6, 6.07) is 0. The number of rotatable bonds is 6. The van der Waals surface area contributed by atoms with Crippen LogP contribution in [0.4, 0.5) is 0 Å². The van der Waals surface area contributed by atoms with Crippen LogP contribution >= 0.6 is 0 Å². The van der Waals surface area contributed by atoms with Crippen LogP contribution in [0.1, 0.15) is 26.2 Å². The van der Waals surface area contributed by atoms with Gasteiger partial charge in [0, 0.05) is 32.6 Å². The van der Waals surface area contributed by atoms with Gasteiger partial charge in [-0.3, -0.25) is 9.69 Å². The van der Waals surface area contributed by atoms with E-state index in [2.05, 4.69) is 28.2 Å². The first-order chi connectivity index (χ1) is 10.6. The van der Waals surface area contributed by atoms with E-state index in [0.717, 1.165) is 77.4 Å². The second kappa shape index (κ2) is 8.53. The van der Waals surface area contributed by atoms with E-state index in [1.54, 1.807) is 7.11 Å². The molecule has 2 heterocycles. The highest BCUT2D eigenvalue weighted by Gasteiger charge is 2.25. The molecule has 0 bridgehead atoms. The molecule has 0 N–H and O–H groups in total. The molecule has 2 rings (SSSR count). The van der Waals surface area contributed by atoms with E-state index >= 15 is 0 Å². The summed E-state index contributed by atoms with van der Waals surface area (Å²) >= 11 is 0. The van der Waals surface area contributed by atoms with Gasteiger partial charge >= 0.3 is 0 Å². The molecule has 0 aliphatic carbocycles. The Morgan fingerprint density at radius 1 is 1.09 bits per heavy atom. The third kappa shape index (κ3) is 4.99. The number of hydrogen-bond donors (Lipinski definition) is 0. The van der Waals surface area contributed by atoms with Crippen molar-refractivity contribution >= 4 is 5.91 Å². The maximum Gasteiger partial charge on any atom is 0.222 e. The van der Waals surface area contributed by atoms with Gasteiger partial charge in [0.2, 0.25) is 5.91 Å². The molecule has 2 fully saturated rings. The van der Waals surface area contributed by atoms with E-state index < -0.39 is 0 Å². The van der Waals surface area contributed by atoms with Gasteiger partial charge in [0.1, 0.15) is 5.76 Å². The van der Waals surface area contributed by atoms with Crippen LogP contribution in [0.2, 0.25) is 0 Å². The van der Waals surface area contributed by atoms with Crippen LogP contribution in [0.3, 0.4) is 0 Å². The SMILES string of the molecule is C=C(CN1CCC(CC(=O)N2CCN(CC)CC2)CC1)OC. The molecular formula is C17H31N3O2. The monoisotopic (exact) mass is 309 g/mol. The molecule has 2 saturated heterocycles. The summed E-state index contributed by atoms with van der Waals surface area (Å²) in [6.07, 6.45) is 2.94. The van der Waals surface area contributed by atoms with Crippen molar-refractivity contribution in [3.05, 3.63) is 12.3 Å². The Hall–Kier alpha value is -1.07. The number of ether oxygens (including phenoxy) is 1. The Kier molecular flexibility index (Phi) is 6.70. The molecule has 126 valence electrons. The maximum atomic E-state index is 12.4. The number of likely N-dealkylation sites (tertiary alicyclic amines) is 1. The Morgan fingerprint density at radius 3 is 2.27 bits per heavy atom. The highest BCUT2D eigenvalue weighted by Crippen LogP contribution is 2.22. The van der Waals surface area contributed by atoms with Crippen molar-refractivity contribution in [2.45, 2.75) is 26.2 Å². The summed E-state index contributed by atoms with van der Waals surface area (Å²) in [4.78, 5) is 19.3. The first-order valence-electron chi connectivity index (χ1n) is 8.56. The highest BCUT2D eigenvalue weighted by atomic mass is 16.5. The van der Waals surface area contributed by atoms with Gasteiger partial charge in [0.25, 0.3) is 0 Å². The molecule has 1 amide bonds. The summed E-state index contributed by atoms with van der Waals surface area (Å²) < 4.78 is 5.14. The van der Waals surface area contributed by atoms with Crippen LogP contribution in [-0.4, -0.2) is 80.1 Å². The number of hydrogen-bond acceptors (Lipinski definition) is 4. The lowest BCUT2D eigenvalue weighted by molar-refractivity contribution is -0.134. The normalized spacial score (nSPS) is 21.8. The lowest BCUT2D eigenvalue weighted by Gasteiger charge is -2.36. The third-order valence-electron chi connectivity index (χ3n) is 5.03. The average Bonchev–Trinajstić information content (AvgIpc) is 2.56. The van der Waals surface area contributed by atoms with Gasteiger partial charge < -0.3 is 14.5 Å². The molecule has 0 spiro atoms. The van der Waals surface area contributed by atoms with Gasteiger partial charge in [-0.2, -0.15) is 0 Å². The third-order valence-corrected chi connectivity index (χ3v) is 5.03. The Morgan fingerprint density at radius 2 is 1.73 bits per heavy atom. The minimum Gasteiger partial charge on any atom is -0.500 e. The smallest absolute Gasteiger partial charge is 0.222 e. The number of piperidine rings is 1. The predicted molar refractivity (Wildman–Crippen MR) is 88.6 cm³/mol. The second-order valence-electron chi connectivity index (χ2n) is 6.48. The molecule has 0 atom stereocenters. The summed E-state index contributed by atoms with van der Waals surface area (Å²) in [6.45, 7) is 13.9. The minimum atomic E-state index is 0.357. The van der Waals surface area contributed by atoms with Crippen LogP contribution in [0.25, 0.3) is 0 Å². The zero-order valence-electron chi connectivity index (χ0n) is 14.2. The number of likely N-dealkylation sites (N-methyl/N-ethyl adjacent to an activating group) is 1. The predicted octanol–water partition coefficient (Wildman–Crippen LogP) is 1.41. The molecule has 0 aromatic rings. The van der Waals surface area contributed by atoms with E-state index in [-0.39, 0.29) is 0 Å². The molecule has 0 aromatic heterocycles. The number of carbonyl (C=O) groups is 1. The van der Waals surface area contributed by atoms with E-state index in [1.165, 1.54) is 0 Å². The summed E-state index contributed by atoms with van der Waals surface area (Å²) in [7, 11) is 1.67. The molecule has 5 nitrogen and oxygen atoms in total. The van der Waals surface area contributed by atoms with Gasteiger partial charge in [0.15, 0.2) is 0 Å². The van der Waals surface area contributed by atoms with Gasteiger partial charge in [-0.05, 0) is 38.4 Å². The van der Waals surface area contributed by atoms with Crippen molar-refractivity contribution in [1.82, 2.24) is 14.7 Å². The fourth-order valence-corrected chi connectivity index (χ4v) is 3.35. The molecule has 0 unspecified atom stereocenters. The van der Waals surface area contributed by atoms with E-state index in [9.17, 15) is 4.79 Å². The zero-order chi connectivity index (χ0) is 15.9. The Balaban J connectivity index is 1.67. The Labute approximate surface area is 134 Å². The molecule has 0 aromatic carbocycles. The standard InChI is InChI=1S/C17H31N3O2/c1-4-18-9-11-20(12-10-18)17(21)13-16-5-7-19(8-6-16)14-15(2)22-3/h16H,2,4-14H2,1,3H3. The van der Waals surface area contributed by atoms with Crippen LogP contribution < -0.4 is 0 Å². The maximum absolute atomic E-state index is 12.4. The van der Waals surface area contributed by atoms with E-state index in [4.69, 9.17) is 4.74 Å². The second-order valence-corrected chi connectivity index (χ2v) is 6.48. The fraction of sp³-hybridized carbons (Fsp3) is 0.824. The number of nitrogens with zero attached hydrogens (tertiary/aromatic N) is 3. The molecule has 0 saturated carbocycles. The van der Waals surface area contributed by atoms with Crippen LogP contribution in [0.15, 0.2) is 12.3 Å². The number of methoxy groups -OCH3 is 1. The minimum absolute atomic E-state index is 0.357. The quantitative estimate of drug-likeness (QED) is 0.695. The lowest BCUT2D eigenvalue weighted by atomic mass is 9.93. The van der Waals surface area contributed by atoms with Gasteiger partial charge in [-0.1, -0.05) is 13.5 Å². The van der Waals surface area contributed by atoms with Gasteiger partial charge in [-0.25, -0.2) is 0 Å². The van der Waals surface area contributed by atoms with Crippen molar-refractivity contribution in [3.63, 3.8) is 0 Å². The summed E-state index contributed by atoms with van der Waals surface area (Å²) in [5.41, 5.74) is 0. The highest BCUT2D eigenvalue weighted by molar-refractivity contribution is 5.76. The first kappa shape index (κ1) is 17.3. The first-order valence-corrected chi connectivity index (χ1v) is 8.56. The molecule has 5 heteroatoms. The molecule has 2 aliphatic rings. The number of amides is 1. The van der Waals surface area contributed by atoms with Crippen molar-refractivity contribution in [2.24, 2.45) is 5.92 Å². The topological polar surface area (TPSA) is 36.0 Å². The lowest BCUT2D eigenvalue weighted by Crippen LogP contribution is -2.49. The van der Waals surface area contributed by atoms with Gasteiger partial charge in [-0.15, -0.1) is 0 Å². The van der Waals surface area contributed by atoms with E-state index in [1.807, 2.05) is 0 Å². The fourth-order valence-electron chi connectivity index (χ4n) is 3.35. The van der Waals surface area contributed by atoms with Crippen LogP contribution in [-0.2, 0) is 9.53 Å². The van der Waals surface area contributed by atoms with Crippen molar-refractivity contribution < 1.29 is 9.53 Å². The van der Waals surface area contributed by atoms with Crippen LogP contribution in [0, 0.1) is 5.92 Å². The molecule has 2 aliphatic heterocycles. The molecule has 0 radical (unpaired) electrons. The number of piperazine rings is 1. The Bertz CT molecular complexity index is 370. The largest absolute Gasteiger partial charge is 0.500 e. The van der Waals surface area contributed by atoms with Gasteiger partial charge in [0.05, 0.1) is 13.7 Å². The summed E-state index contributed by atoms with van der Waals surface area (Å²) in [5, 5.41) is 0. The van der Waals surface area contributed by atoms with Crippen molar-refractivity contribution in [2.75, 3.05) is 59.5 Å².